The number of nitrogens with one attached hydrogen (secondary N) is 1. The first kappa shape index (κ1) is 8.35. The molecule has 1 aliphatic heterocycles. The lowest BCUT2D eigenvalue weighted by Gasteiger charge is -2.13. The number of nitrogens with zero attached hydrogens (tertiary/aromatic N) is 1. The Balaban J connectivity index is 2.28. The topological polar surface area (TPSA) is 41.9 Å². The predicted octanol–water partition coefficient (Wildman–Crippen LogP) is 0.826. The summed E-state index contributed by atoms with van der Waals surface area (Å²) in [6, 6.07) is 2.10. The SMILES string of the molecule is N[n+]1ccc2c(c1)NCCCCC2. The van der Waals surface area contributed by atoms with Crippen LogP contribution in [0.2, 0.25) is 0 Å². The summed E-state index contributed by atoms with van der Waals surface area (Å²) in [6.45, 7) is 1.07. The van der Waals surface area contributed by atoms with Gasteiger partial charge in [-0.1, -0.05) is 11.1 Å². The third kappa shape index (κ3) is 1.91. The van der Waals surface area contributed by atoms with E-state index < -0.39 is 0 Å². The molecule has 1 aliphatic rings. The molecule has 1 aromatic rings. The van der Waals surface area contributed by atoms with Crippen molar-refractivity contribution < 1.29 is 4.68 Å². The normalized spacial score (nSPS) is 16.6. The number of nitrogen functional groups attached to an aromatic ring is 1. The molecule has 13 heavy (non-hydrogen) atoms. The van der Waals surface area contributed by atoms with Gasteiger partial charge in [0.15, 0.2) is 6.20 Å². The summed E-state index contributed by atoms with van der Waals surface area (Å²) in [5, 5.41) is 3.41. The van der Waals surface area contributed by atoms with Crippen LogP contribution in [0.15, 0.2) is 18.5 Å². The Morgan fingerprint density at radius 3 is 3.15 bits per heavy atom. The molecular weight excluding hydrogens is 162 g/mol. The molecule has 0 aliphatic carbocycles. The number of aryl methyl sites for hydroxylation is 1. The number of aromatic nitrogens is 1. The van der Waals surface area contributed by atoms with Crippen molar-refractivity contribution in [3.05, 3.63) is 24.0 Å². The van der Waals surface area contributed by atoms with E-state index in [9.17, 15) is 0 Å². The van der Waals surface area contributed by atoms with Crippen LogP contribution in [0.4, 0.5) is 5.69 Å². The Bertz CT molecular complexity index is 296. The maximum atomic E-state index is 5.65. The molecule has 0 aromatic carbocycles. The van der Waals surface area contributed by atoms with Crippen molar-refractivity contribution in [2.45, 2.75) is 25.7 Å². The molecule has 0 atom stereocenters. The number of fused-ring (bicyclic) bond motifs is 1. The second-order valence-corrected chi connectivity index (χ2v) is 3.57. The predicted molar refractivity (Wildman–Crippen MR) is 52.8 cm³/mol. The highest BCUT2D eigenvalue weighted by molar-refractivity contribution is 5.47. The fourth-order valence-electron chi connectivity index (χ4n) is 1.76. The van der Waals surface area contributed by atoms with E-state index in [-0.39, 0.29) is 0 Å². The van der Waals surface area contributed by atoms with Gasteiger partial charge in [-0.3, -0.25) is 0 Å². The zero-order chi connectivity index (χ0) is 9.10. The van der Waals surface area contributed by atoms with Crippen LogP contribution in [0.25, 0.3) is 0 Å². The lowest BCUT2D eigenvalue weighted by Crippen LogP contribution is -2.43. The Kier molecular flexibility index (Phi) is 2.34. The average molecular weight is 178 g/mol. The fourth-order valence-corrected chi connectivity index (χ4v) is 1.76. The number of rotatable bonds is 0. The van der Waals surface area contributed by atoms with E-state index >= 15 is 0 Å². The van der Waals surface area contributed by atoms with Gasteiger partial charge < -0.3 is 5.32 Å². The molecule has 0 fully saturated rings. The summed E-state index contributed by atoms with van der Waals surface area (Å²) in [6.07, 6.45) is 8.91. The first-order valence-corrected chi connectivity index (χ1v) is 4.89. The van der Waals surface area contributed by atoms with Gasteiger partial charge in [0.1, 0.15) is 5.69 Å². The molecule has 3 N–H and O–H groups in total. The molecule has 1 aromatic heterocycles. The van der Waals surface area contributed by atoms with Crippen LogP contribution in [0.3, 0.4) is 0 Å². The summed E-state index contributed by atoms with van der Waals surface area (Å²) in [5.41, 5.74) is 2.59. The molecule has 3 nitrogen and oxygen atoms in total. The van der Waals surface area contributed by atoms with Crippen LogP contribution in [-0.4, -0.2) is 6.54 Å². The van der Waals surface area contributed by atoms with E-state index in [0.717, 1.165) is 6.54 Å². The number of anilines is 1. The largest absolute Gasteiger partial charge is 0.380 e. The molecule has 0 bridgehead atoms. The lowest BCUT2D eigenvalue weighted by molar-refractivity contribution is -0.638. The molecule has 0 amide bonds. The fraction of sp³-hybridized carbons (Fsp3) is 0.500. The van der Waals surface area contributed by atoms with E-state index in [1.165, 1.54) is 36.9 Å². The van der Waals surface area contributed by atoms with Gasteiger partial charge in [0.25, 0.3) is 0 Å². The van der Waals surface area contributed by atoms with Crippen molar-refractivity contribution in [2.24, 2.45) is 0 Å². The molecule has 0 radical (unpaired) electrons. The van der Waals surface area contributed by atoms with Crippen LogP contribution < -0.4 is 15.8 Å². The molecule has 3 heteroatoms. The smallest absolute Gasteiger partial charge is 0.222 e. The van der Waals surface area contributed by atoms with Crippen molar-refractivity contribution in [3.8, 4) is 0 Å². The van der Waals surface area contributed by atoms with Crippen molar-refractivity contribution >= 4 is 5.69 Å². The van der Waals surface area contributed by atoms with Gasteiger partial charge in [-0.15, -0.1) is 0 Å². The first-order valence-electron chi connectivity index (χ1n) is 4.89. The van der Waals surface area contributed by atoms with Crippen LogP contribution in [0, 0.1) is 0 Å². The monoisotopic (exact) mass is 178 g/mol. The van der Waals surface area contributed by atoms with Gasteiger partial charge in [0.05, 0.1) is 0 Å². The van der Waals surface area contributed by atoms with Gasteiger partial charge in [0, 0.05) is 12.6 Å². The minimum Gasteiger partial charge on any atom is -0.380 e. The molecule has 2 heterocycles. The molecule has 0 saturated heterocycles. The number of hydrogen-bond acceptors (Lipinski definition) is 2. The van der Waals surface area contributed by atoms with Crippen LogP contribution >= 0.6 is 0 Å². The van der Waals surface area contributed by atoms with Crippen LogP contribution in [0.1, 0.15) is 24.8 Å². The third-order valence-electron chi connectivity index (χ3n) is 2.51. The van der Waals surface area contributed by atoms with Gasteiger partial charge in [-0.2, -0.15) is 0 Å². The summed E-state index contributed by atoms with van der Waals surface area (Å²) < 4.78 is 1.60. The first-order chi connectivity index (χ1) is 6.36. The molecule has 0 saturated carbocycles. The maximum absolute atomic E-state index is 5.65. The number of nitrogens with two attached hydrogens (primary N) is 1. The zero-order valence-electron chi connectivity index (χ0n) is 7.79. The second kappa shape index (κ2) is 3.64. The quantitative estimate of drug-likeness (QED) is 0.456. The summed E-state index contributed by atoms with van der Waals surface area (Å²) in [7, 11) is 0. The summed E-state index contributed by atoms with van der Waals surface area (Å²) in [4.78, 5) is 0. The van der Waals surface area contributed by atoms with E-state index in [0.29, 0.717) is 0 Å². The standard InChI is InChI=1S/C10H16N3/c11-13-7-5-9-4-2-1-3-6-12-10(9)8-13/h5,7-8,12H,1-4,6,11H2/q+1. The second-order valence-electron chi connectivity index (χ2n) is 3.57. The minimum atomic E-state index is 1.07. The van der Waals surface area contributed by atoms with Gasteiger partial charge in [-0.05, 0) is 24.8 Å². The van der Waals surface area contributed by atoms with Crippen LogP contribution in [0.5, 0.6) is 0 Å². The van der Waals surface area contributed by atoms with E-state index in [1.54, 1.807) is 4.68 Å². The van der Waals surface area contributed by atoms with Crippen LogP contribution in [-0.2, 0) is 6.42 Å². The van der Waals surface area contributed by atoms with Gasteiger partial charge in [0.2, 0.25) is 6.20 Å². The van der Waals surface area contributed by atoms with Crippen molar-refractivity contribution in [1.29, 1.82) is 0 Å². The van der Waals surface area contributed by atoms with E-state index in [1.807, 2.05) is 12.4 Å². The molecular formula is C10H16N3+. The van der Waals surface area contributed by atoms with Crippen molar-refractivity contribution in [1.82, 2.24) is 0 Å². The molecule has 0 unspecified atom stereocenters. The highest BCUT2D eigenvalue weighted by Crippen LogP contribution is 2.18. The summed E-state index contributed by atoms with van der Waals surface area (Å²) in [5.74, 6) is 5.65. The minimum absolute atomic E-state index is 1.07. The van der Waals surface area contributed by atoms with Gasteiger partial charge in [-0.25, -0.2) is 5.84 Å². The molecule has 0 spiro atoms. The number of pyridine rings is 1. The highest BCUT2D eigenvalue weighted by Gasteiger charge is 2.09. The third-order valence-corrected chi connectivity index (χ3v) is 2.51. The molecule has 70 valence electrons. The lowest BCUT2D eigenvalue weighted by atomic mass is 10.0. The Labute approximate surface area is 78.5 Å². The average Bonchev–Trinajstić information content (AvgIpc) is 2.08. The molecule has 2 rings (SSSR count). The Morgan fingerprint density at radius 2 is 2.23 bits per heavy atom. The Morgan fingerprint density at radius 1 is 1.31 bits per heavy atom. The zero-order valence-corrected chi connectivity index (χ0v) is 7.79. The van der Waals surface area contributed by atoms with E-state index in [4.69, 9.17) is 5.84 Å². The van der Waals surface area contributed by atoms with Crippen molar-refractivity contribution in [2.75, 3.05) is 17.7 Å². The summed E-state index contributed by atoms with van der Waals surface area (Å²) >= 11 is 0. The van der Waals surface area contributed by atoms with E-state index in [2.05, 4.69) is 11.4 Å². The number of hydrogen-bond donors (Lipinski definition) is 2. The Hall–Kier alpha value is -1.25. The maximum Gasteiger partial charge on any atom is 0.222 e. The van der Waals surface area contributed by atoms with Gasteiger partial charge >= 0.3 is 0 Å². The van der Waals surface area contributed by atoms with Crippen molar-refractivity contribution in [3.63, 3.8) is 0 Å². The highest BCUT2D eigenvalue weighted by atomic mass is 15.3.